The molecule has 1 aromatic rings. The molecule has 92 valence electrons. The summed E-state index contributed by atoms with van der Waals surface area (Å²) in [5.41, 5.74) is 5.68. The number of nitrogens with one attached hydrogen (secondary N) is 1. The first-order valence-electron chi connectivity index (χ1n) is 4.95. The third-order valence-corrected chi connectivity index (χ3v) is 2.83. The molecule has 0 aliphatic heterocycles. The molecule has 0 unspecified atom stereocenters. The maximum Gasteiger partial charge on any atom is 0.271 e. The number of amides is 1. The first kappa shape index (κ1) is 13.5. The number of benzene rings is 1. The third kappa shape index (κ3) is 4.83. The molecule has 3 N–H and O–H groups in total. The number of nitro benzene ring substituents is 1. The van der Waals surface area contributed by atoms with Gasteiger partial charge in [0.2, 0.25) is 5.91 Å². The van der Waals surface area contributed by atoms with Crippen LogP contribution in [0, 0.1) is 10.1 Å². The Morgan fingerprint density at radius 3 is 2.94 bits per heavy atom. The second-order valence-electron chi connectivity index (χ2n) is 3.20. The van der Waals surface area contributed by atoms with Crippen LogP contribution in [0.15, 0.2) is 24.3 Å². The molecule has 0 aliphatic rings. The van der Waals surface area contributed by atoms with E-state index < -0.39 is 4.92 Å². The molecule has 17 heavy (non-hydrogen) atoms. The van der Waals surface area contributed by atoms with Crippen molar-refractivity contribution in [2.75, 3.05) is 23.4 Å². The van der Waals surface area contributed by atoms with Crippen LogP contribution in [0.4, 0.5) is 11.4 Å². The molecule has 0 aliphatic carbocycles. The van der Waals surface area contributed by atoms with Gasteiger partial charge in [-0.3, -0.25) is 14.9 Å². The Labute approximate surface area is 103 Å². The van der Waals surface area contributed by atoms with Crippen LogP contribution >= 0.6 is 11.8 Å². The van der Waals surface area contributed by atoms with E-state index in [0.717, 1.165) is 0 Å². The number of nitrogens with two attached hydrogens (primary N) is 1. The predicted molar refractivity (Wildman–Crippen MR) is 68.1 cm³/mol. The van der Waals surface area contributed by atoms with Gasteiger partial charge in [-0.1, -0.05) is 6.07 Å². The molecule has 0 bridgehead atoms. The highest BCUT2D eigenvalue weighted by molar-refractivity contribution is 7.99. The Morgan fingerprint density at radius 1 is 1.53 bits per heavy atom. The van der Waals surface area contributed by atoms with E-state index in [0.29, 0.717) is 23.7 Å². The highest BCUT2D eigenvalue weighted by atomic mass is 32.2. The fourth-order valence-corrected chi connectivity index (χ4v) is 1.71. The smallest absolute Gasteiger partial charge is 0.271 e. The average Bonchev–Trinajstić information content (AvgIpc) is 2.29. The van der Waals surface area contributed by atoms with Crippen LogP contribution in [-0.2, 0) is 4.79 Å². The van der Waals surface area contributed by atoms with Gasteiger partial charge < -0.3 is 11.1 Å². The van der Waals surface area contributed by atoms with E-state index in [1.54, 1.807) is 6.07 Å². The summed E-state index contributed by atoms with van der Waals surface area (Å²) in [6, 6.07) is 5.84. The lowest BCUT2D eigenvalue weighted by atomic mass is 10.3. The van der Waals surface area contributed by atoms with Gasteiger partial charge in [0.15, 0.2) is 0 Å². The van der Waals surface area contributed by atoms with Crippen molar-refractivity contribution < 1.29 is 9.72 Å². The minimum Gasteiger partial charge on any atom is -0.330 e. The number of hydrogen-bond acceptors (Lipinski definition) is 5. The number of nitro groups is 1. The van der Waals surface area contributed by atoms with Crippen molar-refractivity contribution in [1.82, 2.24) is 0 Å². The molecule has 0 saturated carbocycles. The Hall–Kier alpha value is -1.60. The highest BCUT2D eigenvalue weighted by Crippen LogP contribution is 2.17. The lowest BCUT2D eigenvalue weighted by Crippen LogP contribution is -2.15. The van der Waals surface area contributed by atoms with Crippen molar-refractivity contribution >= 4 is 29.0 Å². The summed E-state index contributed by atoms with van der Waals surface area (Å²) in [7, 11) is 0. The summed E-state index contributed by atoms with van der Waals surface area (Å²) in [6.45, 7) is 0.523. The van der Waals surface area contributed by atoms with Crippen molar-refractivity contribution in [1.29, 1.82) is 0 Å². The van der Waals surface area contributed by atoms with Crippen molar-refractivity contribution in [2.24, 2.45) is 5.73 Å². The molecule has 0 saturated heterocycles. The zero-order chi connectivity index (χ0) is 12.7. The predicted octanol–water partition coefficient (Wildman–Crippen LogP) is 1.23. The fourth-order valence-electron chi connectivity index (χ4n) is 1.14. The second-order valence-corrected chi connectivity index (χ2v) is 4.30. The fraction of sp³-hybridized carbons (Fsp3) is 0.300. The molecule has 0 radical (unpaired) electrons. The monoisotopic (exact) mass is 255 g/mol. The van der Waals surface area contributed by atoms with Gasteiger partial charge in [0, 0.05) is 30.1 Å². The maximum absolute atomic E-state index is 11.4. The van der Waals surface area contributed by atoms with Crippen molar-refractivity contribution in [3.05, 3.63) is 34.4 Å². The molecule has 0 spiro atoms. The Bertz CT molecular complexity index is 412. The summed E-state index contributed by atoms with van der Waals surface area (Å²) in [4.78, 5) is 21.4. The molecular formula is C10H13N3O3S. The van der Waals surface area contributed by atoms with Gasteiger partial charge in [-0.2, -0.15) is 11.8 Å². The molecule has 0 heterocycles. The normalized spacial score (nSPS) is 9.94. The van der Waals surface area contributed by atoms with Crippen molar-refractivity contribution in [2.45, 2.75) is 0 Å². The summed E-state index contributed by atoms with van der Waals surface area (Å²) in [5, 5.41) is 13.1. The second kappa shape index (κ2) is 6.87. The lowest BCUT2D eigenvalue weighted by molar-refractivity contribution is -0.384. The summed E-state index contributed by atoms with van der Waals surface area (Å²) in [6.07, 6.45) is 0. The Balaban J connectivity index is 2.53. The van der Waals surface area contributed by atoms with E-state index in [1.807, 2.05) is 0 Å². The van der Waals surface area contributed by atoms with Gasteiger partial charge in [0.05, 0.1) is 10.7 Å². The van der Waals surface area contributed by atoms with E-state index in [2.05, 4.69) is 5.32 Å². The number of rotatable bonds is 6. The first-order valence-corrected chi connectivity index (χ1v) is 6.11. The van der Waals surface area contributed by atoms with Gasteiger partial charge in [-0.05, 0) is 6.07 Å². The van der Waals surface area contributed by atoms with E-state index >= 15 is 0 Å². The largest absolute Gasteiger partial charge is 0.330 e. The number of thioether (sulfide) groups is 1. The zero-order valence-corrected chi connectivity index (χ0v) is 9.90. The third-order valence-electron chi connectivity index (χ3n) is 1.84. The van der Waals surface area contributed by atoms with Crippen LogP contribution in [0.5, 0.6) is 0 Å². The summed E-state index contributed by atoms with van der Waals surface area (Å²) < 4.78 is 0. The van der Waals surface area contributed by atoms with Gasteiger partial charge in [-0.15, -0.1) is 0 Å². The molecule has 0 fully saturated rings. The van der Waals surface area contributed by atoms with Gasteiger partial charge in [0.25, 0.3) is 5.69 Å². The van der Waals surface area contributed by atoms with Crippen LogP contribution in [0.1, 0.15) is 0 Å². The summed E-state index contributed by atoms with van der Waals surface area (Å²) >= 11 is 1.42. The van der Waals surface area contributed by atoms with Crippen LogP contribution in [0.3, 0.4) is 0 Å². The number of carbonyl (C=O) groups is 1. The van der Waals surface area contributed by atoms with E-state index in [4.69, 9.17) is 5.73 Å². The number of non-ortho nitro benzene ring substituents is 1. The topological polar surface area (TPSA) is 98.3 Å². The van der Waals surface area contributed by atoms with Crippen LogP contribution in [0.2, 0.25) is 0 Å². The number of hydrogen-bond donors (Lipinski definition) is 2. The molecule has 0 atom stereocenters. The van der Waals surface area contributed by atoms with Gasteiger partial charge >= 0.3 is 0 Å². The quantitative estimate of drug-likeness (QED) is 0.452. The highest BCUT2D eigenvalue weighted by Gasteiger charge is 2.07. The molecule has 1 rings (SSSR count). The molecule has 1 aromatic carbocycles. The zero-order valence-electron chi connectivity index (χ0n) is 9.09. The average molecular weight is 255 g/mol. The molecule has 1 amide bonds. The first-order chi connectivity index (χ1) is 8.13. The minimum absolute atomic E-state index is 0.0441. The Morgan fingerprint density at radius 2 is 2.29 bits per heavy atom. The van der Waals surface area contributed by atoms with E-state index in [1.165, 1.54) is 30.0 Å². The summed E-state index contributed by atoms with van der Waals surface area (Å²) in [5.74, 6) is 0.811. The van der Waals surface area contributed by atoms with E-state index in [-0.39, 0.29) is 11.6 Å². The number of nitrogens with zero attached hydrogens (tertiary/aromatic N) is 1. The standard InChI is InChI=1S/C10H13N3O3S/c11-4-5-17-7-10(14)12-8-2-1-3-9(6-8)13(15)16/h1-3,6H,4-5,7,11H2,(H,12,14). The van der Waals surface area contributed by atoms with Crippen molar-refractivity contribution in [3.63, 3.8) is 0 Å². The maximum atomic E-state index is 11.4. The minimum atomic E-state index is -0.501. The molecular weight excluding hydrogens is 242 g/mol. The van der Waals surface area contributed by atoms with Crippen LogP contribution in [-0.4, -0.2) is 28.9 Å². The molecule has 7 heteroatoms. The van der Waals surface area contributed by atoms with Crippen molar-refractivity contribution in [3.8, 4) is 0 Å². The molecule has 0 aromatic heterocycles. The number of anilines is 1. The van der Waals surface area contributed by atoms with Crippen LogP contribution in [0.25, 0.3) is 0 Å². The van der Waals surface area contributed by atoms with Gasteiger partial charge in [0.1, 0.15) is 0 Å². The lowest BCUT2D eigenvalue weighted by Gasteiger charge is -2.04. The molecule has 6 nitrogen and oxygen atoms in total. The Kier molecular flexibility index (Phi) is 5.44. The number of carbonyl (C=O) groups excluding carboxylic acids is 1. The van der Waals surface area contributed by atoms with Gasteiger partial charge in [-0.25, -0.2) is 0 Å². The SMILES string of the molecule is NCCSCC(=O)Nc1cccc([N+](=O)[O-])c1. The van der Waals surface area contributed by atoms with E-state index in [9.17, 15) is 14.9 Å². The van der Waals surface area contributed by atoms with Crippen LogP contribution < -0.4 is 11.1 Å².